The van der Waals surface area contributed by atoms with Crippen molar-refractivity contribution < 1.29 is 9.53 Å². The van der Waals surface area contributed by atoms with E-state index in [-0.39, 0.29) is 5.97 Å². The summed E-state index contributed by atoms with van der Waals surface area (Å²) >= 11 is 0. The number of hydrogen-bond donors (Lipinski definition) is 0. The summed E-state index contributed by atoms with van der Waals surface area (Å²) in [5.41, 5.74) is 1.37. The molecule has 0 heterocycles. The Morgan fingerprint density at radius 3 is 1.12 bits per heavy atom. The van der Waals surface area contributed by atoms with Crippen molar-refractivity contribution in [2.24, 2.45) is 17.8 Å². The van der Waals surface area contributed by atoms with Gasteiger partial charge < -0.3 is 4.74 Å². The smallest absolute Gasteiger partial charge is 0.306 e. The Morgan fingerprint density at radius 2 is 0.750 bits per heavy atom. The monoisotopic (exact) mass is 731 g/mol. The third kappa shape index (κ3) is 42.0. The van der Waals surface area contributed by atoms with E-state index in [0.29, 0.717) is 13.0 Å². The summed E-state index contributed by atoms with van der Waals surface area (Å²) in [6.45, 7) is 14.5. The van der Waals surface area contributed by atoms with Crippen LogP contribution in [0.15, 0.2) is 11.6 Å². The van der Waals surface area contributed by atoms with Crippen molar-refractivity contribution >= 4 is 5.97 Å². The van der Waals surface area contributed by atoms with Crippen molar-refractivity contribution in [3.63, 3.8) is 0 Å². The van der Waals surface area contributed by atoms with Gasteiger partial charge in [0, 0.05) is 6.42 Å². The van der Waals surface area contributed by atoms with Crippen molar-refractivity contribution in [3.05, 3.63) is 11.6 Å². The van der Waals surface area contributed by atoms with Crippen LogP contribution >= 0.6 is 0 Å². The summed E-state index contributed by atoms with van der Waals surface area (Å²) < 4.78 is 5.50. The molecule has 0 aromatic heterocycles. The Hall–Kier alpha value is -0.790. The second-order valence-corrected chi connectivity index (χ2v) is 18.0. The molecule has 0 aliphatic rings. The lowest BCUT2D eigenvalue weighted by atomic mass is 9.91. The second kappa shape index (κ2) is 41.4. The molecule has 0 saturated carbocycles. The first kappa shape index (κ1) is 51.2. The van der Waals surface area contributed by atoms with E-state index >= 15 is 0 Å². The minimum Gasteiger partial charge on any atom is -0.461 e. The first-order valence-corrected chi connectivity index (χ1v) is 24.2. The lowest BCUT2D eigenvalue weighted by Gasteiger charge is -2.15. The molecule has 2 atom stereocenters. The van der Waals surface area contributed by atoms with E-state index in [1.807, 2.05) is 0 Å². The summed E-state index contributed by atoms with van der Waals surface area (Å²) in [6.07, 6.45) is 52.8. The zero-order chi connectivity index (χ0) is 38.2. The second-order valence-electron chi connectivity index (χ2n) is 18.0. The number of carbonyl (C=O) groups is 1. The Labute approximate surface area is 329 Å². The molecular formula is C50H98O2. The first-order valence-electron chi connectivity index (χ1n) is 24.2. The molecule has 0 aromatic carbocycles. The average molecular weight is 731 g/mol. The van der Waals surface area contributed by atoms with Crippen LogP contribution in [-0.4, -0.2) is 12.6 Å². The van der Waals surface area contributed by atoms with Gasteiger partial charge in [0.1, 0.15) is 6.61 Å². The van der Waals surface area contributed by atoms with E-state index < -0.39 is 0 Å². The van der Waals surface area contributed by atoms with E-state index in [0.717, 1.165) is 30.6 Å². The van der Waals surface area contributed by atoms with Crippen LogP contribution in [-0.2, 0) is 9.53 Å². The third-order valence-corrected chi connectivity index (χ3v) is 11.8. The van der Waals surface area contributed by atoms with Gasteiger partial charge in [-0.15, -0.1) is 0 Å². The molecular weight excluding hydrogens is 633 g/mol. The van der Waals surface area contributed by atoms with Gasteiger partial charge in [-0.3, -0.25) is 4.79 Å². The summed E-state index contributed by atoms with van der Waals surface area (Å²) in [6, 6.07) is 0. The highest BCUT2D eigenvalue weighted by Gasteiger charge is 2.07. The fraction of sp³-hybridized carbons (Fsp3) is 0.940. The van der Waals surface area contributed by atoms with E-state index in [9.17, 15) is 4.79 Å². The molecule has 0 amide bonds. The van der Waals surface area contributed by atoms with Gasteiger partial charge in [0.15, 0.2) is 0 Å². The van der Waals surface area contributed by atoms with Gasteiger partial charge in [-0.2, -0.15) is 0 Å². The quantitative estimate of drug-likeness (QED) is 0.0355. The van der Waals surface area contributed by atoms with Gasteiger partial charge in [0.2, 0.25) is 0 Å². The number of esters is 1. The van der Waals surface area contributed by atoms with Gasteiger partial charge in [0.25, 0.3) is 0 Å². The molecule has 0 unspecified atom stereocenters. The number of unbranched alkanes of at least 4 members (excludes halogenated alkanes) is 26. The van der Waals surface area contributed by atoms with E-state index in [4.69, 9.17) is 4.74 Å². The predicted octanol–water partition coefficient (Wildman–Crippen LogP) is 17.9. The summed E-state index contributed by atoms with van der Waals surface area (Å²) in [5, 5.41) is 0. The van der Waals surface area contributed by atoms with Crippen LogP contribution in [0.2, 0.25) is 0 Å². The van der Waals surface area contributed by atoms with Crippen LogP contribution in [0.25, 0.3) is 0 Å². The van der Waals surface area contributed by atoms with Gasteiger partial charge in [-0.1, -0.05) is 252 Å². The zero-order valence-electron chi connectivity index (χ0n) is 37.0. The molecule has 0 aromatic rings. The molecule has 0 N–H and O–H groups in total. The molecule has 52 heavy (non-hydrogen) atoms. The Balaban J connectivity index is 3.37. The summed E-state index contributed by atoms with van der Waals surface area (Å²) in [4.78, 5) is 12.2. The van der Waals surface area contributed by atoms with Crippen LogP contribution in [0.3, 0.4) is 0 Å². The lowest BCUT2D eigenvalue weighted by molar-refractivity contribution is -0.142. The lowest BCUT2D eigenvalue weighted by Crippen LogP contribution is -2.04. The molecule has 0 aliphatic carbocycles. The molecule has 310 valence electrons. The first-order chi connectivity index (χ1) is 25.3. The number of allylic oxidation sites excluding steroid dienone is 1. The highest BCUT2D eigenvalue weighted by atomic mass is 16.5. The van der Waals surface area contributed by atoms with Crippen LogP contribution < -0.4 is 0 Å². The van der Waals surface area contributed by atoms with Crippen LogP contribution in [0.4, 0.5) is 0 Å². The molecule has 0 bridgehead atoms. The minimum absolute atomic E-state index is 0.0179. The molecule has 0 fully saturated rings. The average Bonchev–Trinajstić information content (AvgIpc) is 3.11. The highest BCUT2D eigenvalue weighted by molar-refractivity contribution is 5.69. The van der Waals surface area contributed by atoms with Gasteiger partial charge >= 0.3 is 5.97 Å². The van der Waals surface area contributed by atoms with Crippen LogP contribution in [0.5, 0.6) is 0 Å². The van der Waals surface area contributed by atoms with Gasteiger partial charge in [-0.25, -0.2) is 0 Å². The van der Waals surface area contributed by atoms with Crippen molar-refractivity contribution in [2.75, 3.05) is 6.61 Å². The zero-order valence-corrected chi connectivity index (χ0v) is 37.0. The molecule has 2 heteroatoms. The molecule has 0 spiro atoms. The molecule has 0 radical (unpaired) electrons. The SMILES string of the molecule is CCCCCCCCCCCCCCCCCCCCCCCCCCCCCC(=O)OC/C=C(\C)CCC[C@H](C)CCC[C@H](C)CCCC(C)C. The fourth-order valence-electron chi connectivity index (χ4n) is 7.92. The normalized spacial score (nSPS) is 13.2. The summed E-state index contributed by atoms with van der Waals surface area (Å²) in [5.74, 6) is 2.54. The van der Waals surface area contributed by atoms with Gasteiger partial charge in [0.05, 0.1) is 0 Å². The fourth-order valence-corrected chi connectivity index (χ4v) is 7.92. The van der Waals surface area contributed by atoms with Crippen LogP contribution in [0.1, 0.15) is 279 Å². The third-order valence-electron chi connectivity index (χ3n) is 11.8. The maximum Gasteiger partial charge on any atom is 0.306 e. The number of carbonyl (C=O) groups excluding carboxylic acids is 1. The largest absolute Gasteiger partial charge is 0.461 e. The standard InChI is InChI=1S/C50H98O2/c1-7-8-9-10-11-12-13-14-15-16-17-18-19-20-21-22-23-24-25-26-27-28-29-30-31-32-33-43-50(51)52-45-44-49(6)42-36-41-48(5)40-35-39-47(4)38-34-37-46(2)3/h44,46-48H,7-43,45H2,1-6H3/b49-44+/t47-,48-/m1/s1. The molecule has 0 saturated heterocycles. The molecule has 0 aliphatic heterocycles. The van der Waals surface area contributed by atoms with E-state index in [1.165, 1.54) is 224 Å². The Morgan fingerprint density at radius 1 is 0.423 bits per heavy atom. The van der Waals surface area contributed by atoms with Crippen molar-refractivity contribution in [1.29, 1.82) is 0 Å². The number of rotatable bonds is 42. The Kier molecular flexibility index (Phi) is 40.7. The number of hydrogen-bond acceptors (Lipinski definition) is 2. The van der Waals surface area contributed by atoms with Crippen molar-refractivity contribution in [2.45, 2.75) is 279 Å². The van der Waals surface area contributed by atoms with Crippen molar-refractivity contribution in [3.8, 4) is 0 Å². The highest BCUT2D eigenvalue weighted by Crippen LogP contribution is 2.22. The maximum absolute atomic E-state index is 12.2. The topological polar surface area (TPSA) is 26.3 Å². The minimum atomic E-state index is -0.0179. The predicted molar refractivity (Wildman–Crippen MR) is 234 cm³/mol. The van der Waals surface area contributed by atoms with E-state index in [2.05, 4.69) is 47.6 Å². The van der Waals surface area contributed by atoms with Crippen molar-refractivity contribution in [1.82, 2.24) is 0 Å². The molecule has 2 nitrogen and oxygen atoms in total. The molecule has 0 rings (SSSR count). The Bertz CT molecular complexity index is 739. The number of ether oxygens (including phenoxy) is 1. The van der Waals surface area contributed by atoms with Crippen LogP contribution in [0, 0.1) is 17.8 Å². The summed E-state index contributed by atoms with van der Waals surface area (Å²) in [7, 11) is 0. The maximum atomic E-state index is 12.2. The van der Waals surface area contributed by atoms with Gasteiger partial charge in [-0.05, 0) is 50.0 Å². The van der Waals surface area contributed by atoms with E-state index in [1.54, 1.807) is 0 Å².